The second-order valence-corrected chi connectivity index (χ2v) is 12.3. The molecule has 242 valence electrons. The molecule has 0 saturated heterocycles. The van der Waals surface area contributed by atoms with Crippen molar-refractivity contribution in [2.24, 2.45) is 0 Å². The minimum atomic E-state index is -1.08. The van der Waals surface area contributed by atoms with Crippen LogP contribution in [0.2, 0.25) is 0 Å². The van der Waals surface area contributed by atoms with E-state index in [1.54, 1.807) is 48.5 Å². The number of hydrogen-bond donors (Lipinski definition) is 8. The van der Waals surface area contributed by atoms with Gasteiger partial charge in [0.05, 0.1) is 18.2 Å². The highest BCUT2D eigenvalue weighted by Gasteiger charge is 2.28. The average Bonchev–Trinajstić information content (AvgIpc) is 2.81. The van der Waals surface area contributed by atoms with Gasteiger partial charge in [0.1, 0.15) is 17.2 Å². The van der Waals surface area contributed by atoms with Gasteiger partial charge < -0.3 is 51.6 Å². The van der Waals surface area contributed by atoms with Gasteiger partial charge in [-0.25, -0.2) is 9.59 Å². The third kappa shape index (κ3) is 23.1. The van der Waals surface area contributed by atoms with Gasteiger partial charge in [-0.05, 0) is 114 Å². The van der Waals surface area contributed by atoms with Crippen molar-refractivity contribution in [3.63, 3.8) is 0 Å². The van der Waals surface area contributed by atoms with Gasteiger partial charge in [-0.3, -0.25) is 4.79 Å². The quantitative estimate of drug-likeness (QED) is 0.0952. The predicted octanol–water partition coefficient (Wildman–Crippen LogP) is 0.980. The van der Waals surface area contributed by atoms with Crippen molar-refractivity contribution in [1.29, 1.82) is 0 Å². The fraction of sp³-hybridized carbons (Fsp3) is 0.893. The van der Waals surface area contributed by atoms with Gasteiger partial charge >= 0.3 is 12.2 Å². The minimum Gasteiger partial charge on any atom is -0.444 e. The number of carbonyl (C=O) groups excluding carboxylic acids is 3. The smallest absolute Gasteiger partial charge is 0.408 e. The van der Waals surface area contributed by atoms with Crippen LogP contribution < -0.4 is 31.9 Å². The van der Waals surface area contributed by atoms with Crippen LogP contribution in [0.5, 0.6) is 0 Å². The zero-order valence-corrected chi connectivity index (χ0v) is 26.5. The molecule has 0 unspecified atom stereocenters. The highest BCUT2D eigenvalue weighted by molar-refractivity contribution is 5.86. The maximum atomic E-state index is 12.3. The number of aliphatic hydroxyl groups excluding tert-OH is 2. The summed E-state index contributed by atoms with van der Waals surface area (Å²) in [5.41, 5.74) is -1.28. The number of hydrogen-bond acceptors (Lipinski definition) is 10. The van der Waals surface area contributed by atoms with Crippen molar-refractivity contribution in [2.75, 3.05) is 45.8 Å². The first-order chi connectivity index (χ1) is 19.0. The Balaban J connectivity index is 3.79. The Bertz CT molecular complexity index is 738. The molecule has 0 spiro atoms. The van der Waals surface area contributed by atoms with Gasteiger partial charge in [0, 0.05) is 13.1 Å². The van der Waals surface area contributed by atoms with Crippen LogP contribution in [-0.4, -0.2) is 110 Å². The molecule has 0 fully saturated rings. The van der Waals surface area contributed by atoms with E-state index in [0.29, 0.717) is 13.1 Å². The maximum absolute atomic E-state index is 12.3. The number of nitrogens with one attached hydrogen (secondary N) is 6. The second kappa shape index (κ2) is 20.6. The molecule has 0 aromatic carbocycles. The Hall–Kier alpha value is -2.19. The summed E-state index contributed by atoms with van der Waals surface area (Å²) in [4.78, 5) is 36.2. The summed E-state index contributed by atoms with van der Waals surface area (Å²) in [6.07, 6.45) is 0.662. The SMILES string of the molecule is C[C@H](O)[C@H](NC(=O)OC(C)(C)C)C(=O)NCCCNCCCCNCCCNC[C@@H](NC(=O)OC(C)(C)C)[C@H](C)O. The Kier molecular flexibility index (Phi) is 19.5. The van der Waals surface area contributed by atoms with E-state index < -0.39 is 53.6 Å². The molecule has 0 rings (SSSR count). The summed E-state index contributed by atoms with van der Waals surface area (Å²) < 4.78 is 10.4. The Labute approximate surface area is 246 Å². The third-order valence-corrected chi connectivity index (χ3v) is 5.58. The number of ether oxygens (including phenoxy) is 2. The van der Waals surface area contributed by atoms with Gasteiger partial charge in [-0.15, -0.1) is 0 Å². The molecule has 13 nitrogen and oxygen atoms in total. The number of aliphatic hydroxyl groups is 2. The second-order valence-electron chi connectivity index (χ2n) is 12.3. The van der Waals surface area contributed by atoms with Crippen molar-refractivity contribution in [1.82, 2.24) is 31.9 Å². The van der Waals surface area contributed by atoms with E-state index >= 15 is 0 Å². The minimum absolute atomic E-state index is 0.426. The fourth-order valence-electron chi connectivity index (χ4n) is 3.52. The third-order valence-electron chi connectivity index (χ3n) is 5.58. The molecule has 0 heterocycles. The lowest BCUT2D eigenvalue weighted by Crippen LogP contribution is -2.53. The first-order valence-electron chi connectivity index (χ1n) is 14.8. The van der Waals surface area contributed by atoms with E-state index in [-0.39, 0.29) is 0 Å². The molecule has 0 bridgehead atoms. The molecule has 0 saturated carbocycles. The molecule has 0 radical (unpaired) electrons. The lowest BCUT2D eigenvalue weighted by atomic mass is 10.1. The van der Waals surface area contributed by atoms with Crippen LogP contribution >= 0.6 is 0 Å². The summed E-state index contributed by atoms with van der Waals surface area (Å²) in [6, 6.07) is -1.51. The molecule has 0 aromatic rings. The summed E-state index contributed by atoms with van der Waals surface area (Å²) in [5, 5.41) is 37.6. The van der Waals surface area contributed by atoms with Gasteiger partial charge in [0.25, 0.3) is 0 Å². The van der Waals surface area contributed by atoms with Gasteiger partial charge in [0.15, 0.2) is 0 Å². The normalized spacial score (nSPS) is 14.9. The van der Waals surface area contributed by atoms with E-state index in [9.17, 15) is 24.6 Å². The lowest BCUT2D eigenvalue weighted by molar-refractivity contribution is -0.125. The summed E-state index contributed by atoms with van der Waals surface area (Å²) in [6.45, 7) is 18.7. The van der Waals surface area contributed by atoms with Gasteiger partial charge in [0.2, 0.25) is 5.91 Å². The van der Waals surface area contributed by atoms with Crippen molar-refractivity contribution >= 4 is 18.1 Å². The molecular weight excluding hydrogens is 532 g/mol. The number of alkyl carbamates (subject to hydrolysis) is 2. The van der Waals surface area contributed by atoms with Crippen LogP contribution in [0.1, 0.15) is 81.1 Å². The number of rotatable bonds is 20. The van der Waals surface area contributed by atoms with E-state index in [2.05, 4.69) is 31.9 Å². The molecule has 8 N–H and O–H groups in total. The van der Waals surface area contributed by atoms with Crippen molar-refractivity contribution < 1.29 is 34.1 Å². The molecular formula is C28H58N6O7. The number of unbranched alkanes of at least 4 members (excludes halogenated alkanes) is 1. The fourth-order valence-corrected chi connectivity index (χ4v) is 3.52. The van der Waals surface area contributed by atoms with Crippen LogP contribution in [0, 0.1) is 0 Å². The molecule has 13 heteroatoms. The molecule has 41 heavy (non-hydrogen) atoms. The van der Waals surface area contributed by atoms with Gasteiger partial charge in [-0.1, -0.05) is 0 Å². The summed E-state index contributed by atoms with van der Waals surface area (Å²) in [7, 11) is 0. The largest absolute Gasteiger partial charge is 0.444 e. The van der Waals surface area contributed by atoms with E-state index in [4.69, 9.17) is 9.47 Å². The first kappa shape index (κ1) is 38.8. The van der Waals surface area contributed by atoms with Crippen LogP contribution in [0.25, 0.3) is 0 Å². The average molecular weight is 591 g/mol. The first-order valence-corrected chi connectivity index (χ1v) is 14.8. The molecule has 0 aromatic heterocycles. The van der Waals surface area contributed by atoms with Crippen molar-refractivity contribution in [2.45, 2.75) is 117 Å². The number of carbonyl (C=O) groups is 3. The van der Waals surface area contributed by atoms with Crippen molar-refractivity contribution in [3.8, 4) is 0 Å². The molecule has 0 aliphatic carbocycles. The van der Waals surface area contributed by atoms with E-state index in [0.717, 1.165) is 58.4 Å². The predicted molar refractivity (Wildman–Crippen MR) is 160 cm³/mol. The van der Waals surface area contributed by atoms with Crippen LogP contribution in [0.4, 0.5) is 9.59 Å². The zero-order chi connectivity index (χ0) is 31.5. The highest BCUT2D eigenvalue weighted by atomic mass is 16.6. The molecule has 0 aliphatic heterocycles. The van der Waals surface area contributed by atoms with E-state index in [1.165, 1.54) is 6.92 Å². The number of amides is 3. The van der Waals surface area contributed by atoms with E-state index in [1.807, 2.05) is 0 Å². The Morgan fingerprint density at radius 2 is 1.07 bits per heavy atom. The lowest BCUT2D eigenvalue weighted by Gasteiger charge is -2.25. The standard InChI is InChI=1S/C28H58N6O7/c1-20(35)22(33-25(38)40-27(3,4)5)19-31-17-11-15-29-13-9-10-14-30-16-12-18-32-24(37)23(21(2)36)34-26(39)41-28(6,7)8/h20-23,29-31,35-36H,9-19H2,1-8H3,(H,32,37)(H,33,38)(H,34,39)/t20-,21-,22+,23-/m0/s1. The summed E-state index contributed by atoms with van der Waals surface area (Å²) >= 11 is 0. The van der Waals surface area contributed by atoms with Crippen molar-refractivity contribution in [3.05, 3.63) is 0 Å². The van der Waals surface area contributed by atoms with Crippen LogP contribution in [-0.2, 0) is 14.3 Å². The molecule has 3 amide bonds. The monoisotopic (exact) mass is 590 g/mol. The molecule has 4 atom stereocenters. The van der Waals surface area contributed by atoms with Gasteiger partial charge in [-0.2, -0.15) is 0 Å². The highest BCUT2D eigenvalue weighted by Crippen LogP contribution is 2.08. The van der Waals surface area contributed by atoms with Crippen LogP contribution in [0.15, 0.2) is 0 Å². The Morgan fingerprint density at radius 1 is 0.634 bits per heavy atom. The maximum Gasteiger partial charge on any atom is 0.408 e. The topological polar surface area (TPSA) is 182 Å². The molecule has 0 aliphatic rings. The summed E-state index contributed by atoms with van der Waals surface area (Å²) in [5.74, 6) is -0.452. The Morgan fingerprint density at radius 3 is 1.54 bits per heavy atom. The van der Waals surface area contributed by atoms with Crippen LogP contribution in [0.3, 0.4) is 0 Å². The zero-order valence-electron chi connectivity index (χ0n) is 26.5.